The van der Waals surface area contributed by atoms with Crippen LogP contribution in [0.15, 0.2) is 41.3 Å². The molecule has 0 aliphatic rings. The molecule has 0 bridgehead atoms. The first-order valence-electron chi connectivity index (χ1n) is 9.21. The van der Waals surface area contributed by atoms with Gasteiger partial charge in [-0.2, -0.15) is 4.72 Å². The molecule has 0 unspecified atom stereocenters. The zero-order valence-corrected chi connectivity index (χ0v) is 19.7. The molecule has 0 aromatic heterocycles. The van der Waals surface area contributed by atoms with Crippen molar-refractivity contribution in [1.82, 2.24) is 4.72 Å². The number of ether oxygens (including phenoxy) is 2. The number of sulfonamides is 1. The molecule has 0 aliphatic heterocycles. The summed E-state index contributed by atoms with van der Waals surface area (Å²) in [5.74, 6) is -1.53. The molecule has 1 amide bonds. The number of carbonyl (C=O) groups excluding carboxylic acids is 2. The molecule has 0 radical (unpaired) electrons. The SMILES string of the molecule is COc1cc(Cl)c(C)cc1NC(=O)COC(=O)[C@@H](NS(=O)(=O)c1ccc(Cl)cc1)[C@H](C)O. The van der Waals surface area contributed by atoms with Crippen molar-refractivity contribution >= 4 is 50.8 Å². The number of nitrogens with one attached hydrogen (secondary N) is 2. The van der Waals surface area contributed by atoms with Gasteiger partial charge in [-0.1, -0.05) is 23.2 Å². The van der Waals surface area contributed by atoms with Crippen LogP contribution in [0.2, 0.25) is 10.0 Å². The topological polar surface area (TPSA) is 131 Å². The van der Waals surface area contributed by atoms with Crippen LogP contribution in [-0.4, -0.2) is 51.3 Å². The molecule has 32 heavy (non-hydrogen) atoms. The Hall–Kier alpha value is -2.37. The smallest absolute Gasteiger partial charge is 0.327 e. The van der Waals surface area contributed by atoms with E-state index < -0.39 is 40.7 Å². The van der Waals surface area contributed by atoms with Crippen molar-refractivity contribution in [2.24, 2.45) is 0 Å². The fraction of sp³-hybridized carbons (Fsp3) is 0.300. The van der Waals surface area contributed by atoms with E-state index in [4.69, 9.17) is 32.7 Å². The fourth-order valence-corrected chi connectivity index (χ4v) is 4.07. The van der Waals surface area contributed by atoms with Crippen molar-refractivity contribution in [1.29, 1.82) is 0 Å². The van der Waals surface area contributed by atoms with Crippen LogP contribution in [0, 0.1) is 6.92 Å². The predicted octanol–water partition coefficient (Wildman–Crippen LogP) is 2.52. The predicted molar refractivity (Wildman–Crippen MR) is 120 cm³/mol. The number of methoxy groups -OCH3 is 1. The van der Waals surface area contributed by atoms with E-state index in [-0.39, 0.29) is 4.90 Å². The monoisotopic (exact) mass is 504 g/mol. The van der Waals surface area contributed by atoms with E-state index in [9.17, 15) is 23.1 Å². The molecule has 2 rings (SSSR count). The Morgan fingerprint density at radius 3 is 2.34 bits per heavy atom. The molecule has 174 valence electrons. The average Bonchev–Trinajstić information content (AvgIpc) is 2.73. The summed E-state index contributed by atoms with van der Waals surface area (Å²) < 4.78 is 37.1. The number of amides is 1. The summed E-state index contributed by atoms with van der Waals surface area (Å²) in [7, 11) is -2.77. The number of halogens is 2. The van der Waals surface area contributed by atoms with Gasteiger partial charge in [-0.15, -0.1) is 0 Å². The lowest BCUT2D eigenvalue weighted by Crippen LogP contribution is -2.48. The largest absolute Gasteiger partial charge is 0.495 e. The molecule has 0 fully saturated rings. The number of esters is 1. The lowest BCUT2D eigenvalue weighted by Gasteiger charge is -2.20. The fourth-order valence-electron chi connectivity index (χ4n) is 2.54. The van der Waals surface area contributed by atoms with Gasteiger partial charge in [0.05, 0.1) is 23.8 Å². The summed E-state index contributed by atoms with van der Waals surface area (Å²) in [6.07, 6.45) is -1.44. The molecule has 2 aromatic carbocycles. The maximum Gasteiger partial charge on any atom is 0.327 e. The first-order valence-corrected chi connectivity index (χ1v) is 11.4. The van der Waals surface area contributed by atoms with Crippen molar-refractivity contribution < 1.29 is 32.6 Å². The second-order valence-corrected chi connectivity index (χ2v) is 9.31. The Bertz CT molecular complexity index is 1090. The third kappa shape index (κ3) is 6.81. The minimum Gasteiger partial charge on any atom is -0.495 e. The van der Waals surface area contributed by atoms with Gasteiger partial charge in [-0.3, -0.25) is 9.59 Å². The highest BCUT2D eigenvalue weighted by Gasteiger charge is 2.31. The van der Waals surface area contributed by atoms with Crippen LogP contribution < -0.4 is 14.8 Å². The van der Waals surface area contributed by atoms with Crippen molar-refractivity contribution in [2.45, 2.75) is 30.9 Å². The van der Waals surface area contributed by atoms with Crippen LogP contribution in [-0.2, 0) is 24.3 Å². The molecule has 3 N–H and O–H groups in total. The number of aliphatic hydroxyl groups is 1. The van der Waals surface area contributed by atoms with Gasteiger partial charge >= 0.3 is 5.97 Å². The Labute approximate surface area is 195 Å². The Balaban J connectivity index is 2.05. The molecule has 9 nitrogen and oxygen atoms in total. The maximum atomic E-state index is 12.5. The minimum absolute atomic E-state index is 0.164. The van der Waals surface area contributed by atoms with Crippen LogP contribution in [0.1, 0.15) is 12.5 Å². The Morgan fingerprint density at radius 2 is 1.78 bits per heavy atom. The summed E-state index contributed by atoms with van der Waals surface area (Å²) in [5, 5.41) is 13.2. The summed E-state index contributed by atoms with van der Waals surface area (Å²) in [4.78, 5) is 24.4. The van der Waals surface area contributed by atoms with Gasteiger partial charge in [-0.25, -0.2) is 8.42 Å². The number of rotatable bonds is 9. The van der Waals surface area contributed by atoms with Crippen LogP contribution in [0.3, 0.4) is 0 Å². The van der Waals surface area contributed by atoms with E-state index in [1.54, 1.807) is 13.0 Å². The number of hydrogen-bond acceptors (Lipinski definition) is 7. The van der Waals surface area contributed by atoms with Gasteiger partial charge in [0.2, 0.25) is 10.0 Å². The lowest BCUT2D eigenvalue weighted by molar-refractivity contribution is -0.151. The molecule has 2 aromatic rings. The Kier molecular flexibility index (Phi) is 8.88. The van der Waals surface area contributed by atoms with Crippen molar-refractivity contribution in [3.05, 3.63) is 52.0 Å². The summed E-state index contributed by atoms with van der Waals surface area (Å²) >= 11 is 11.8. The van der Waals surface area contributed by atoms with E-state index in [0.29, 0.717) is 27.0 Å². The van der Waals surface area contributed by atoms with Gasteiger partial charge in [0.25, 0.3) is 5.91 Å². The zero-order chi connectivity index (χ0) is 24.1. The molecule has 0 spiro atoms. The van der Waals surface area contributed by atoms with Gasteiger partial charge < -0.3 is 19.9 Å². The molecule has 0 saturated carbocycles. The zero-order valence-electron chi connectivity index (χ0n) is 17.4. The van der Waals surface area contributed by atoms with Gasteiger partial charge in [0, 0.05) is 16.1 Å². The number of benzene rings is 2. The van der Waals surface area contributed by atoms with Gasteiger partial charge in [0.1, 0.15) is 11.8 Å². The second-order valence-electron chi connectivity index (χ2n) is 6.75. The highest BCUT2D eigenvalue weighted by molar-refractivity contribution is 7.89. The van der Waals surface area contributed by atoms with Gasteiger partial charge in [-0.05, 0) is 49.7 Å². The highest BCUT2D eigenvalue weighted by Crippen LogP contribution is 2.30. The first-order chi connectivity index (χ1) is 14.9. The standard InChI is InChI=1S/C20H22Cl2N2O7S/c1-11-8-16(17(30-3)9-15(11)22)23-18(26)10-31-20(27)19(12(2)25)24-32(28,29)14-6-4-13(21)5-7-14/h4-9,12,19,24-25H,10H2,1-3H3,(H,23,26)/t12-,19-/m0/s1. The number of aryl methyl sites for hydroxylation is 1. The maximum absolute atomic E-state index is 12.5. The average molecular weight is 505 g/mol. The third-order valence-corrected chi connectivity index (χ3v) is 6.36. The van der Waals surface area contributed by atoms with Crippen molar-refractivity contribution in [3.63, 3.8) is 0 Å². The van der Waals surface area contributed by atoms with Crippen LogP contribution in [0.5, 0.6) is 5.75 Å². The number of carbonyl (C=O) groups is 2. The van der Waals surface area contributed by atoms with Crippen LogP contribution >= 0.6 is 23.2 Å². The second kappa shape index (κ2) is 11.0. The third-order valence-electron chi connectivity index (χ3n) is 4.24. The molecule has 0 saturated heterocycles. The van der Waals surface area contributed by atoms with E-state index >= 15 is 0 Å². The lowest BCUT2D eigenvalue weighted by atomic mass is 10.2. The number of hydrogen-bond donors (Lipinski definition) is 3. The number of anilines is 1. The number of aliphatic hydroxyl groups excluding tert-OH is 1. The van der Waals surface area contributed by atoms with Crippen LogP contribution in [0.4, 0.5) is 5.69 Å². The van der Waals surface area contributed by atoms with E-state index in [2.05, 4.69) is 10.0 Å². The van der Waals surface area contributed by atoms with Gasteiger partial charge in [0.15, 0.2) is 6.61 Å². The molecule has 0 heterocycles. The van der Waals surface area contributed by atoms with Crippen LogP contribution in [0.25, 0.3) is 0 Å². The van der Waals surface area contributed by atoms with E-state index in [0.717, 1.165) is 0 Å². The molecular weight excluding hydrogens is 483 g/mol. The normalized spacial score (nSPS) is 13.2. The molecule has 2 atom stereocenters. The Morgan fingerprint density at radius 1 is 1.16 bits per heavy atom. The van der Waals surface area contributed by atoms with Crippen molar-refractivity contribution in [2.75, 3.05) is 19.0 Å². The molecule has 12 heteroatoms. The summed E-state index contributed by atoms with van der Waals surface area (Å²) in [5.41, 5.74) is 0.997. The highest BCUT2D eigenvalue weighted by atomic mass is 35.5. The minimum atomic E-state index is -4.17. The quantitative estimate of drug-likeness (QED) is 0.447. The molecule has 0 aliphatic carbocycles. The summed E-state index contributed by atoms with van der Waals surface area (Å²) in [6, 6.07) is 6.67. The first kappa shape index (κ1) is 25.9. The summed E-state index contributed by atoms with van der Waals surface area (Å²) in [6.45, 7) is 2.21. The molecular formula is C20H22Cl2N2O7S. The van der Waals surface area contributed by atoms with E-state index in [1.807, 2.05) is 0 Å². The van der Waals surface area contributed by atoms with Crippen molar-refractivity contribution in [3.8, 4) is 5.75 Å². The van der Waals surface area contributed by atoms with E-state index in [1.165, 1.54) is 44.4 Å².